The molecule has 1 heterocycles. The van der Waals surface area contributed by atoms with Gasteiger partial charge in [0.25, 0.3) is 0 Å². The SMILES string of the molecule is CC(C)(C)OC(=O)NCC(C)(NCc1ccc(C#N)s1)C1CC1. The topological polar surface area (TPSA) is 74.2 Å². The predicted octanol–water partition coefficient (Wildman–Crippen LogP) is 3.40. The van der Waals surface area contributed by atoms with E-state index in [4.69, 9.17) is 10.00 Å². The van der Waals surface area contributed by atoms with Gasteiger partial charge in [0, 0.05) is 23.5 Å². The van der Waals surface area contributed by atoms with Gasteiger partial charge in [0.2, 0.25) is 0 Å². The van der Waals surface area contributed by atoms with E-state index < -0.39 is 5.60 Å². The number of alkyl carbamates (subject to hydrolysis) is 1. The minimum atomic E-state index is -0.488. The Morgan fingerprint density at radius 2 is 2.09 bits per heavy atom. The van der Waals surface area contributed by atoms with Crippen LogP contribution < -0.4 is 10.6 Å². The van der Waals surface area contributed by atoms with E-state index in [1.54, 1.807) is 0 Å². The number of nitrogens with one attached hydrogen (secondary N) is 2. The fraction of sp³-hybridized carbons (Fsp3) is 0.647. The second-order valence-electron chi connectivity index (χ2n) is 7.28. The van der Waals surface area contributed by atoms with Crippen LogP contribution in [0.25, 0.3) is 0 Å². The molecular formula is C17H25N3O2S. The average Bonchev–Trinajstić information content (AvgIpc) is 3.21. The first-order valence-corrected chi connectivity index (χ1v) is 8.74. The number of hydrogen-bond acceptors (Lipinski definition) is 5. The monoisotopic (exact) mass is 335 g/mol. The van der Waals surface area contributed by atoms with Gasteiger partial charge in [-0.3, -0.25) is 0 Å². The Kier molecular flexibility index (Phi) is 5.33. The molecule has 1 saturated carbocycles. The predicted molar refractivity (Wildman–Crippen MR) is 91.2 cm³/mol. The summed E-state index contributed by atoms with van der Waals surface area (Å²) in [4.78, 5) is 13.7. The molecule has 1 fully saturated rings. The van der Waals surface area contributed by atoms with Crippen LogP contribution in [-0.4, -0.2) is 23.8 Å². The quantitative estimate of drug-likeness (QED) is 0.835. The highest BCUT2D eigenvalue weighted by Crippen LogP contribution is 2.39. The van der Waals surface area contributed by atoms with Crippen molar-refractivity contribution in [1.82, 2.24) is 10.6 Å². The molecule has 2 rings (SSSR count). The van der Waals surface area contributed by atoms with Crippen molar-refractivity contribution in [2.45, 2.75) is 58.2 Å². The van der Waals surface area contributed by atoms with Crippen molar-refractivity contribution in [3.63, 3.8) is 0 Å². The summed E-state index contributed by atoms with van der Waals surface area (Å²) in [5.41, 5.74) is -0.647. The molecule has 0 aromatic carbocycles. The van der Waals surface area contributed by atoms with Gasteiger partial charge in [0.15, 0.2) is 0 Å². The standard InChI is InChI=1S/C17H25N3O2S/c1-16(2,3)22-15(21)19-11-17(4,12-5-6-12)20-10-14-8-7-13(9-18)23-14/h7-8,12,20H,5-6,10-11H2,1-4H3,(H,19,21). The van der Waals surface area contributed by atoms with Crippen molar-refractivity contribution >= 4 is 17.4 Å². The van der Waals surface area contributed by atoms with E-state index in [9.17, 15) is 4.79 Å². The molecule has 5 nitrogen and oxygen atoms in total. The summed E-state index contributed by atoms with van der Waals surface area (Å²) in [6, 6.07) is 5.98. The highest BCUT2D eigenvalue weighted by atomic mass is 32.1. The molecule has 1 unspecified atom stereocenters. The lowest BCUT2D eigenvalue weighted by atomic mass is 9.95. The van der Waals surface area contributed by atoms with Crippen molar-refractivity contribution in [2.75, 3.05) is 6.54 Å². The summed E-state index contributed by atoms with van der Waals surface area (Å²) in [7, 11) is 0. The average molecular weight is 335 g/mol. The summed E-state index contributed by atoms with van der Waals surface area (Å²) in [6.07, 6.45) is 1.97. The van der Waals surface area contributed by atoms with Gasteiger partial charge in [-0.2, -0.15) is 5.26 Å². The minimum Gasteiger partial charge on any atom is -0.444 e. The second-order valence-corrected chi connectivity index (χ2v) is 8.45. The molecule has 0 aliphatic heterocycles. The molecule has 0 bridgehead atoms. The van der Waals surface area contributed by atoms with Crippen molar-refractivity contribution in [2.24, 2.45) is 5.92 Å². The molecule has 6 heteroatoms. The molecule has 1 aliphatic rings. The van der Waals surface area contributed by atoms with Crippen molar-refractivity contribution in [3.8, 4) is 6.07 Å². The Labute approximate surface area is 142 Å². The highest BCUT2D eigenvalue weighted by Gasteiger charge is 2.41. The molecule has 1 amide bonds. The van der Waals surface area contributed by atoms with Crippen LogP contribution in [0.15, 0.2) is 12.1 Å². The molecule has 0 saturated heterocycles. The number of nitriles is 1. The van der Waals surface area contributed by atoms with Crippen molar-refractivity contribution in [1.29, 1.82) is 5.26 Å². The van der Waals surface area contributed by atoms with Crippen molar-refractivity contribution in [3.05, 3.63) is 21.9 Å². The van der Waals surface area contributed by atoms with Crippen LogP contribution >= 0.6 is 11.3 Å². The van der Waals surface area contributed by atoms with Gasteiger partial charge < -0.3 is 15.4 Å². The highest BCUT2D eigenvalue weighted by molar-refractivity contribution is 7.12. The largest absolute Gasteiger partial charge is 0.444 e. The van der Waals surface area contributed by atoms with E-state index in [1.165, 1.54) is 24.2 Å². The first-order chi connectivity index (χ1) is 10.7. The van der Waals surface area contributed by atoms with Crippen LogP contribution in [0.2, 0.25) is 0 Å². The molecule has 0 spiro atoms. The Morgan fingerprint density at radius 1 is 1.39 bits per heavy atom. The summed E-state index contributed by atoms with van der Waals surface area (Å²) >= 11 is 1.50. The minimum absolute atomic E-state index is 0.159. The Balaban J connectivity index is 1.88. The maximum Gasteiger partial charge on any atom is 0.407 e. The van der Waals surface area contributed by atoms with E-state index in [0.717, 1.165) is 9.75 Å². The lowest BCUT2D eigenvalue weighted by Crippen LogP contribution is -2.53. The fourth-order valence-electron chi connectivity index (χ4n) is 2.46. The lowest BCUT2D eigenvalue weighted by Gasteiger charge is -2.32. The third kappa shape index (κ3) is 5.52. The van der Waals surface area contributed by atoms with E-state index in [0.29, 0.717) is 19.0 Å². The summed E-state index contributed by atoms with van der Waals surface area (Å²) < 4.78 is 5.30. The summed E-state index contributed by atoms with van der Waals surface area (Å²) in [5, 5.41) is 15.3. The van der Waals surface area contributed by atoms with E-state index in [-0.39, 0.29) is 11.6 Å². The molecule has 2 N–H and O–H groups in total. The number of nitrogens with zero attached hydrogens (tertiary/aromatic N) is 1. The van der Waals surface area contributed by atoms with Crippen LogP contribution in [0.1, 0.15) is 50.3 Å². The maximum atomic E-state index is 11.9. The number of carbonyl (C=O) groups is 1. The fourth-order valence-corrected chi connectivity index (χ4v) is 3.21. The van der Waals surface area contributed by atoms with E-state index in [2.05, 4.69) is 23.6 Å². The Bertz CT molecular complexity index is 596. The lowest BCUT2D eigenvalue weighted by molar-refractivity contribution is 0.0507. The van der Waals surface area contributed by atoms with E-state index in [1.807, 2.05) is 32.9 Å². The summed E-state index contributed by atoms with van der Waals surface area (Å²) in [6.45, 7) is 8.94. The number of ether oxygens (including phenoxy) is 1. The van der Waals surface area contributed by atoms with Crippen LogP contribution in [0.4, 0.5) is 4.79 Å². The molecule has 23 heavy (non-hydrogen) atoms. The summed E-state index contributed by atoms with van der Waals surface area (Å²) in [5.74, 6) is 0.563. The van der Waals surface area contributed by atoms with Gasteiger partial charge >= 0.3 is 6.09 Å². The number of hydrogen-bond donors (Lipinski definition) is 2. The van der Waals surface area contributed by atoms with Gasteiger partial charge in [0.05, 0.1) is 0 Å². The normalized spacial score (nSPS) is 17.2. The number of rotatable bonds is 6. The number of carbonyl (C=O) groups excluding carboxylic acids is 1. The van der Waals surface area contributed by atoms with Gasteiger partial charge in [-0.05, 0) is 58.6 Å². The zero-order chi connectivity index (χ0) is 17.1. The molecular weight excluding hydrogens is 310 g/mol. The molecule has 1 aromatic heterocycles. The molecule has 1 aromatic rings. The Hall–Kier alpha value is -1.58. The second kappa shape index (κ2) is 6.90. The smallest absolute Gasteiger partial charge is 0.407 e. The van der Waals surface area contributed by atoms with Gasteiger partial charge in [-0.15, -0.1) is 11.3 Å². The molecule has 1 aliphatic carbocycles. The first kappa shape index (κ1) is 17.8. The molecule has 126 valence electrons. The maximum absolute atomic E-state index is 11.9. The van der Waals surface area contributed by atoms with Gasteiger partial charge in [-0.1, -0.05) is 0 Å². The zero-order valence-corrected chi connectivity index (χ0v) is 15.0. The third-order valence-corrected chi connectivity index (χ3v) is 4.91. The van der Waals surface area contributed by atoms with Crippen LogP contribution in [0.3, 0.4) is 0 Å². The van der Waals surface area contributed by atoms with Crippen LogP contribution in [0, 0.1) is 17.2 Å². The zero-order valence-electron chi connectivity index (χ0n) is 14.2. The molecule has 1 atom stereocenters. The number of thiophene rings is 1. The third-order valence-electron chi connectivity index (χ3n) is 3.92. The first-order valence-electron chi connectivity index (χ1n) is 7.92. The van der Waals surface area contributed by atoms with Crippen LogP contribution in [-0.2, 0) is 11.3 Å². The van der Waals surface area contributed by atoms with Crippen molar-refractivity contribution < 1.29 is 9.53 Å². The Morgan fingerprint density at radius 3 is 2.61 bits per heavy atom. The van der Waals surface area contributed by atoms with Gasteiger partial charge in [-0.25, -0.2) is 4.79 Å². The van der Waals surface area contributed by atoms with Gasteiger partial charge in [0.1, 0.15) is 16.5 Å². The van der Waals surface area contributed by atoms with Crippen LogP contribution in [0.5, 0.6) is 0 Å². The number of amides is 1. The van der Waals surface area contributed by atoms with E-state index >= 15 is 0 Å². The molecule has 0 radical (unpaired) electrons.